The second kappa shape index (κ2) is 5.11. The molecule has 0 radical (unpaired) electrons. The van der Waals surface area contributed by atoms with Crippen LogP contribution in [0.3, 0.4) is 0 Å². The molecule has 0 unspecified atom stereocenters. The van der Waals surface area contributed by atoms with Gasteiger partial charge in [0.25, 0.3) is 0 Å². The van der Waals surface area contributed by atoms with Gasteiger partial charge in [-0.15, -0.1) is 0 Å². The van der Waals surface area contributed by atoms with Crippen molar-refractivity contribution >= 4 is 21.1 Å². The van der Waals surface area contributed by atoms with Crippen molar-refractivity contribution in [3.8, 4) is 0 Å². The van der Waals surface area contributed by atoms with Gasteiger partial charge in [0.15, 0.2) is 11.3 Å². The number of benzene rings is 1. The van der Waals surface area contributed by atoms with E-state index in [1.165, 1.54) is 6.92 Å². The molecule has 0 amide bonds. The molecule has 0 saturated heterocycles. The van der Waals surface area contributed by atoms with Crippen molar-refractivity contribution < 1.29 is 17.4 Å². The van der Waals surface area contributed by atoms with Crippen LogP contribution in [0.25, 0.3) is 11.1 Å². The third-order valence-electron chi connectivity index (χ3n) is 3.19. The first-order valence-electron chi connectivity index (χ1n) is 6.41. The van der Waals surface area contributed by atoms with Crippen LogP contribution >= 0.6 is 0 Å². The first-order valence-corrected chi connectivity index (χ1v) is 7.89. The molecular formula is C13H13N3O5S. The number of rotatable bonds is 4. The number of aryl methyl sites for hydroxylation is 2. The third kappa shape index (κ3) is 2.55. The second-order valence-electron chi connectivity index (χ2n) is 4.82. The van der Waals surface area contributed by atoms with Crippen molar-refractivity contribution in [1.29, 1.82) is 0 Å². The lowest BCUT2D eigenvalue weighted by Gasteiger charge is -2.06. The monoisotopic (exact) mass is 323 g/mol. The van der Waals surface area contributed by atoms with Gasteiger partial charge in [0.2, 0.25) is 10.0 Å². The molecule has 0 saturated carbocycles. The van der Waals surface area contributed by atoms with E-state index in [-0.39, 0.29) is 17.2 Å². The molecule has 9 heteroatoms. The van der Waals surface area contributed by atoms with E-state index in [9.17, 15) is 13.2 Å². The highest BCUT2D eigenvalue weighted by Crippen LogP contribution is 2.19. The Labute approximate surface area is 125 Å². The van der Waals surface area contributed by atoms with Gasteiger partial charge in [0.05, 0.1) is 5.52 Å². The number of fused-ring (bicyclic) bond motifs is 1. The maximum Gasteiger partial charge on any atom is 0.417 e. The highest BCUT2D eigenvalue weighted by atomic mass is 32.2. The summed E-state index contributed by atoms with van der Waals surface area (Å²) in [5.41, 5.74) is 1.92. The number of nitrogens with one attached hydrogen (secondary N) is 2. The Morgan fingerprint density at radius 1 is 1.32 bits per heavy atom. The minimum absolute atomic E-state index is 0.0466. The average molecular weight is 323 g/mol. The van der Waals surface area contributed by atoms with Gasteiger partial charge in [-0.1, -0.05) is 11.2 Å². The Morgan fingerprint density at radius 3 is 2.77 bits per heavy atom. The summed E-state index contributed by atoms with van der Waals surface area (Å²) in [6.45, 7) is 3.17. The quantitative estimate of drug-likeness (QED) is 0.745. The van der Waals surface area contributed by atoms with Crippen LogP contribution in [0.2, 0.25) is 0 Å². The summed E-state index contributed by atoms with van der Waals surface area (Å²) in [5, 5.41) is 3.63. The highest BCUT2D eigenvalue weighted by molar-refractivity contribution is 7.89. The van der Waals surface area contributed by atoms with E-state index in [0.717, 1.165) is 0 Å². The van der Waals surface area contributed by atoms with Crippen LogP contribution in [-0.2, 0) is 16.6 Å². The lowest BCUT2D eigenvalue weighted by atomic mass is 10.2. The maximum absolute atomic E-state index is 12.3. The predicted octanol–water partition coefficient (Wildman–Crippen LogP) is 1.20. The van der Waals surface area contributed by atoms with Gasteiger partial charge in [0.1, 0.15) is 10.6 Å². The van der Waals surface area contributed by atoms with Gasteiger partial charge < -0.3 is 8.94 Å². The van der Waals surface area contributed by atoms with Gasteiger partial charge in [-0.3, -0.25) is 4.98 Å². The molecule has 3 aromatic rings. The van der Waals surface area contributed by atoms with E-state index in [1.54, 1.807) is 25.1 Å². The van der Waals surface area contributed by atoms with Crippen LogP contribution < -0.4 is 10.5 Å². The minimum atomic E-state index is -3.73. The van der Waals surface area contributed by atoms with Crippen molar-refractivity contribution in [2.45, 2.75) is 25.3 Å². The molecule has 0 spiro atoms. The highest BCUT2D eigenvalue weighted by Gasteiger charge is 2.23. The molecule has 0 bridgehead atoms. The Bertz CT molecular complexity index is 977. The number of H-pyrrole nitrogens is 1. The van der Waals surface area contributed by atoms with Crippen LogP contribution in [0, 0.1) is 13.8 Å². The second-order valence-corrected chi connectivity index (χ2v) is 6.53. The van der Waals surface area contributed by atoms with Crippen molar-refractivity contribution in [3.63, 3.8) is 0 Å². The average Bonchev–Trinajstić information content (AvgIpc) is 2.98. The third-order valence-corrected chi connectivity index (χ3v) is 4.83. The van der Waals surface area contributed by atoms with Gasteiger partial charge in [-0.25, -0.2) is 17.9 Å². The van der Waals surface area contributed by atoms with Gasteiger partial charge in [-0.05, 0) is 31.5 Å². The molecule has 3 rings (SSSR count). The molecule has 0 aliphatic heterocycles. The molecule has 116 valence electrons. The Kier molecular flexibility index (Phi) is 3.38. The fourth-order valence-electron chi connectivity index (χ4n) is 2.22. The zero-order chi connectivity index (χ0) is 15.9. The SMILES string of the molecule is Cc1noc(C)c1S(=O)(=O)NCc1ccc2oc(=O)[nH]c2c1. The number of sulfonamides is 1. The molecule has 0 fully saturated rings. The number of hydrogen-bond donors (Lipinski definition) is 2. The van der Waals surface area contributed by atoms with Crippen molar-refractivity contribution in [3.05, 3.63) is 45.8 Å². The van der Waals surface area contributed by atoms with Gasteiger partial charge >= 0.3 is 5.76 Å². The number of oxazole rings is 1. The zero-order valence-corrected chi connectivity index (χ0v) is 12.7. The van der Waals surface area contributed by atoms with E-state index < -0.39 is 15.8 Å². The summed E-state index contributed by atoms with van der Waals surface area (Å²) < 4.78 is 36.8. The standard InChI is InChI=1S/C13H13N3O5S/c1-7-12(8(2)21-16-7)22(18,19)14-6-9-3-4-11-10(5-9)15-13(17)20-11/h3-5,14H,6H2,1-2H3,(H,15,17). The van der Waals surface area contributed by atoms with E-state index in [1.807, 2.05) is 0 Å². The number of nitrogens with zero attached hydrogens (tertiary/aromatic N) is 1. The largest absolute Gasteiger partial charge is 0.417 e. The Balaban J connectivity index is 1.85. The molecule has 22 heavy (non-hydrogen) atoms. The number of hydrogen-bond acceptors (Lipinski definition) is 6. The van der Waals surface area contributed by atoms with E-state index >= 15 is 0 Å². The molecule has 0 atom stereocenters. The van der Waals surface area contributed by atoms with E-state index in [2.05, 4.69) is 14.9 Å². The minimum Gasteiger partial charge on any atom is -0.408 e. The lowest BCUT2D eigenvalue weighted by Crippen LogP contribution is -2.24. The zero-order valence-electron chi connectivity index (χ0n) is 11.8. The van der Waals surface area contributed by atoms with Crippen LogP contribution in [0.15, 0.2) is 36.8 Å². The van der Waals surface area contributed by atoms with Crippen LogP contribution in [0.5, 0.6) is 0 Å². The smallest absolute Gasteiger partial charge is 0.408 e. The molecule has 1 aromatic carbocycles. The summed E-state index contributed by atoms with van der Waals surface area (Å²) >= 11 is 0. The van der Waals surface area contributed by atoms with Gasteiger partial charge in [0, 0.05) is 6.54 Å². The van der Waals surface area contributed by atoms with Crippen LogP contribution in [-0.4, -0.2) is 18.6 Å². The number of aromatic amines is 1. The summed E-state index contributed by atoms with van der Waals surface area (Å²) in [6.07, 6.45) is 0. The number of aromatic nitrogens is 2. The summed E-state index contributed by atoms with van der Waals surface area (Å²) in [5.74, 6) is -0.317. The molecule has 2 heterocycles. The van der Waals surface area contributed by atoms with Crippen molar-refractivity contribution in [2.24, 2.45) is 0 Å². The molecule has 2 aromatic heterocycles. The van der Waals surface area contributed by atoms with Crippen molar-refractivity contribution in [1.82, 2.24) is 14.9 Å². The predicted molar refractivity (Wildman–Crippen MR) is 76.8 cm³/mol. The van der Waals surface area contributed by atoms with Gasteiger partial charge in [-0.2, -0.15) is 0 Å². The topological polar surface area (TPSA) is 118 Å². The fourth-order valence-corrected chi connectivity index (χ4v) is 3.56. The normalized spacial score (nSPS) is 12.1. The Hall–Kier alpha value is -2.39. The summed E-state index contributed by atoms with van der Waals surface area (Å²) in [4.78, 5) is 13.7. The molecule has 2 N–H and O–H groups in total. The fraction of sp³-hybridized carbons (Fsp3) is 0.231. The van der Waals surface area contributed by atoms with Crippen LogP contribution in [0.1, 0.15) is 17.0 Å². The van der Waals surface area contributed by atoms with E-state index in [0.29, 0.717) is 22.4 Å². The summed E-state index contributed by atoms with van der Waals surface area (Å²) in [7, 11) is -3.73. The lowest BCUT2D eigenvalue weighted by molar-refractivity contribution is 0.390. The maximum atomic E-state index is 12.3. The van der Waals surface area contributed by atoms with E-state index in [4.69, 9.17) is 8.94 Å². The Morgan fingerprint density at radius 2 is 2.09 bits per heavy atom. The molecule has 8 nitrogen and oxygen atoms in total. The van der Waals surface area contributed by atoms with Crippen molar-refractivity contribution in [2.75, 3.05) is 0 Å². The molecular weight excluding hydrogens is 310 g/mol. The molecule has 0 aliphatic carbocycles. The summed E-state index contributed by atoms with van der Waals surface area (Å²) in [6, 6.07) is 4.93. The first-order chi connectivity index (χ1) is 10.4. The molecule has 0 aliphatic rings. The first kappa shape index (κ1) is 14.5. The van der Waals surface area contributed by atoms with Crippen LogP contribution in [0.4, 0.5) is 0 Å².